The Kier molecular flexibility index (Phi) is 5.47. The topological polar surface area (TPSA) is 76.2 Å². The average molecular weight is 416 g/mol. The van der Waals surface area contributed by atoms with Crippen molar-refractivity contribution < 1.29 is 22.7 Å². The highest BCUT2D eigenvalue weighted by molar-refractivity contribution is 7.89. The lowest BCUT2D eigenvalue weighted by atomic mass is 10.2. The van der Waals surface area contributed by atoms with Crippen molar-refractivity contribution >= 4 is 21.6 Å². The Bertz CT molecular complexity index is 1020. The maximum Gasteiger partial charge on any atom is 0.265 e. The number of para-hydroxylation sites is 2. The number of carbonyl (C=O) groups is 1. The third kappa shape index (κ3) is 3.95. The molecule has 29 heavy (non-hydrogen) atoms. The monoisotopic (exact) mass is 416 g/mol. The summed E-state index contributed by atoms with van der Waals surface area (Å²) in [6.07, 6.45) is 1.79. The lowest BCUT2D eigenvalue weighted by Gasteiger charge is -2.29. The Balaban J connectivity index is 1.45. The maximum atomic E-state index is 12.7. The molecule has 2 aliphatic heterocycles. The fourth-order valence-corrected chi connectivity index (χ4v) is 5.27. The molecule has 0 radical (unpaired) electrons. The molecule has 2 aromatic carbocycles. The van der Waals surface area contributed by atoms with Crippen LogP contribution < -0.4 is 14.4 Å². The summed E-state index contributed by atoms with van der Waals surface area (Å²) in [5.74, 6) is 1.01. The van der Waals surface area contributed by atoms with E-state index < -0.39 is 10.0 Å². The van der Waals surface area contributed by atoms with E-state index >= 15 is 0 Å². The number of fused-ring (bicyclic) bond motifs is 1. The number of carbonyl (C=O) groups excluding carboxylic acids is 1. The standard InChI is InChI=1S/C21H24N2O5S/c1-16-14-17(29(25,26)22-10-4-5-11-22)8-9-19(16)28-15-21(24)23-12-13-27-20-7-3-2-6-18(20)23/h2-3,6-9,14H,4-5,10-13,15H2,1H3. The van der Waals surface area contributed by atoms with Crippen molar-refractivity contribution in [3.63, 3.8) is 0 Å². The van der Waals surface area contributed by atoms with E-state index in [1.807, 2.05) is 24.3 Å². The first kappa shape index (κ1) is 19.7. The van der Waals surface area contributed by atoms with Gasteiger partial charge in [-0.3, -0.25) is 4.79 Å². The van der Waals surface area contributed by atoms with Crippen molar-refractivity contribution in [1.82, 2.24) is 4.31 Å². The summed E-state index contributed by atoms with van der Waals surface area (Å²) in [5, 5.41) is 0. The normalized spacial score (nSPS) is 16.9. The lowest BCUT2D eigenvalue weighted by molar-refractivity contribution is -0.120. The van der Waals surface area contributed by atoms with Gasteiger partial charge in [0.2, 0.25) is 10.0 Å². The molecule has 0 aromatic heterocycles. The average Bonchev–Trinajstić information content (AvgIpc) is 3.28. The molecule has 2 heterocycles. The summed E-state index contributed by atoms with van der Waals surface area (Å²) < 4.78 is 38.2. The van der Waals surface area contributed by atoms with Crippen molar-refractivity contribution in [3.8, 4) is 11.5 Å². The molecule has 8 heteroatoms. The number of amides is 1. The Hall–Kier alpha value is -2.58. The molecule has 2 aromatic rings. The van der Waals surface area contributed by atoms with Crippen LogP contribution in [0.4, 0.5) is 5.69 Å². The minimum Gasteiger partial charge on any atom is -0.490 e. The fraction of sp³-hybridized carbons (Fsp3) is 0.381. The van der Waals surface area contributed by atoms with Gasteiger partial charge in [-0.15, -0.1) is 0 Å². The molecule has 7 nitrogen and oxygen atoms in total. The van der Waals surface area contributed by atoms with E-state index in [1.54, 1.807) is 30.0 Å². The molecule has 154 valence electrons. The summed E-state index contributed by atoms with van der Waals surface area (Å²) in [5.41, 5.74) is 1.41. The van der Waals surface area contributed by atoms with Gasteiger partial charge in [0.05, 0.1) is 17.1 Å². The largest absolute Gasteiger partial charge is 0.490 e. The van der Waals surface area contributed by atoms with Crippen LogP contribution >= 0.6 is 0 Å². The van der Waals surface area contributed by atoms with E-state index in [1.165, 1.54) is 4.31 Å². The van der Waals surface area contributed by atoms with Crippen molar-refractivity contribution in [1.29, 1.82) is 0 Å². The van der Waals surface area contributed by atoms with Crippen LogP contribution in [0.3, 0.4) is 0 Å². The summed E-state index contributed by atoms with van der Waals surface area (Å²) >= 11 is 0. The smallest absolute Gasteiger partial charge is 0.265 e. The van der Waals surface area contributed by atoms with Crippen LogP contribution in [0.1, 0.15) is 18.4 Å². The SMILES string of the molecule is Cc1cc(S(=O)(=O)N2CCCC2)ccc1OCC(=O)N1CCOc2ccccc21. The summed E-state index contributed by atoms with van der Waals surface area (Å²) in [4.78, 5) is 14.6. The number of sulfonamides is 1. The molecule has 4 rings (SSSR count). The van der Waals surface area contributed by atoms with E-state index in [2.05, 4.69) is 0 Å². The maximum absolute atomic E-state index is 12.7. The van der Waals surface area contributed by atoms with Crippen LogP contribution in [0.2, 0.25) is 0 Å². The van der Waals surface area contributed by atoms with Gasteiger partial charge in [-0.2, -0.15) is 4.31 Å². The van der Waals surface area contributed by atoms with Crippen LogP contribution in [-0.4, -0.2) is 51.5 Å². The third-order valence-electron chi connectivity index (χ3n) is 5.23. The quantitative estimate of drug-likeness (QED) is 0.749. The van der Waals surface area contributed by atoms with Crippen molar-refractivity contribution in [3.05, 3.63) is 48.0 Å². The highest BCUT2D eigenvalue weighted by atomic mass is 32.2. The minimum atomic E-state index is -3.47. The number of rotatable bonds is 5. The molecule has 0 spiro atoms. The summed E-state index contributed by atoms with van der Waals surface area (Å²) in [7, 11) is -3.47. The zero-order chi connectivity index (χ0) is 20.4. The Morgan fingerprint density at radius 3 is 2.62 bits per heavy atom. The second-order valence-corrected chi connectivity index (χ2v) is 9.13. The number of nitrogens with zero attached hydrogens (tertiary/aromatic N) is 2. The van der Waals surface area contributed by atoms with Crippen LogP contribution in [0, 0.1) is 6.92 Å². The number of ether oxygens (including phenoxy) is 2. The molecule has 0 unspecified atom stereocenters. The van der Waals surface area contributed by atoms with Crippen molar-refractivity contribution in [2.75, 3.05) is 37.7 Å². The van der Waals surface area contributed by atoms with Gasteiger partial charge in [-0.1, -0.05) is 12.1 Å². The molecule has 0 N–H and O–H groups in total. The number of benzene rings is 2. The molecular weight excluding hydrogens is 392 g/mol. The molecular formula is C21H24N2O5S. The second-order valence-electron chi connectivity index (χ2n) is 7.19. The highest BCUT2D eigenvalue weighted by Crippen LogP contribution is 2.31. The first-order valence-electron chi connectivity index (χ1n) is 9.72. The van der Waals surface area contributed by atoms with E-state index in [4.69, 9.17) is 9.47 Å². The van der Waals surface area contributed by atoms with Crippen LogP contribution in [-0.2, 0) is 14.8 Å². The van der Waals surface area contributed by atoms with Crippen LogP contribution in [0.5, 0.6) is 11.5 Å². The molecule has 0 aliphatic carbocycles. The Morgan fingerprint density at radius 1 is 1.10 bits per heavy atom. The zero-order valence-electron chi connectivity index (χ0n) is 16.3. The first-order chi connectivity index (χ1) is 14.0. The summed E-state index contributed by atoms with van der Waals surface area (Å²) in [6, 6.07) is 12.2. The molecule has 2 aliphatic rings. The lowest BCUT2D eigenvalue weighted by Crippen LogP contribution is -2.40. The number of hydrogen-bond donors (Lipinski definition) is 0. The van der Waals surface area contributed by atoms with Gasteiger partial charge in [0.1, 0.15) is 18.1 Å². The van der Waals surface area contributed by atoms with Gasteiger partial charge < -0.3 is 14.4 Å². The third-order valence-corrected chi connectivity index (χ3v) is 7.12. The van der Waals surface area contributed by atoms with Gasteiger partial charge in [0, 0.05) is 13.1 Å². The van der Waals surface area contributed by atoms with Gasteiger partial charge in [-0.05, 0) is 55.7 Å². The molecule has 0 bridgehead atoms. The predicted molar refractivity (Wildman–Crippen MR) is 109 cm³/mol. The molecule has 0 saturated carbocycles. The summed E-state index contributed by atoms with van der Waals surface area (Å²) in [6.45, 7) is 3.68. The Morgan fingerprint density at radius 2 is 1.86 bits per heavy atom. The molecule has 1 saturated heterocycles. The number of aryl methyl sites for hydroxylation is 1. The van der Waals surface area contributed by atoms with Gasteiger partial charge in [-0.25, -0.2) is 8.42 Å². The molecule has 1 amide bonds. The first-order valence-corrected chi connectivity index (χ1v) is 11.2. The predicted octanol–water partition coefficient (Wildman–Crippen LogP) is 2.58. The number of hydrogen-bond acceptors (Lipinski definition) is 5. The highest BCUT2D eigenvalue weighted by Gasteiger charge is 2.28. The van der Waals surface area contributed by atoms with Crippen LogP contribution in [0.25, 0.3) is 0 Å². The second kappa shape index (κ2) is 8.04. The van der Waals surface area contributed by atoms with E-state index in [-0.39, 0.29) is 17.4 Å². The van der Waals surface area contributed by atoms with E-state index in [9.17, 15) is 13.2 Å². The van der Waals surface area contributed by atoms with E-state index in [0.29, 0.717) is 43.3 Å². The Labute approximate surface area is 170 Å². The van der Waals surface area contributed by atoms with Gasteiger partial charge >= 0.3 is 0 Å². The zero-order valence-corrected chi connectivity index (χ0v) is 17.2. The van der Waals surface area contributed by atoms with E-state index in [0.717, 1.165) is 18.5 Å². The molecule has 1 fully saturated rings. The van der Waals surface area contributed by atoms with Gasteiger partial charge in [0.25, 0.3) is 5.91 Å². The fourth-order valence-electron chi connectivity index (χ4n) is 3.67. The number of anilines is 1. The van der Waals surface area contributed by atoms with Crippen molar-refractivity contribution in [2.45, 2.75) is 24.7 Å². The van der Waals surface area contributed by atoms with Crippen molar-refractivity contribution in [2.24, 2.45) is 0 Å². The molecule has 0 atom stereocenters. The minimum absolute atomic E-state index is 0.132. The van der Waals surface area contributed by atoms with Crippen LogP contribution in [0.15, 0.2) is 47.4 Å². The van der Waals surface area contributed by atoms with Gasteiger partial charge in [0.15, 0.2) is 6.61 Å².